The van der Waals surface area contributed by atoms with Crippen LogP contribution in [0.3, 0.4) is 0 Å². The van der Waals surface area contributed by atoms with Crippen LogP contribution in [-0.2, 0) is 4.79 Å². The normalized spacial score (nSPS) is 23.3. The Balaban J connectivity index is 1.62. The van der Waals surface area contributed by atoms with Crippen molar-refractivity contribution in [2.24, 2.45) is 11.7 Å². The summed E-state index contributed by atoms with van der Waals surface area (Å²) in [5.74, 6) is 2.16. The van der Waals surface area contributed by atoms with E-state index in [-0.39, 0.29) is 6.04 Å². The van der Waals surface area contributed by atoms with Gasteiger partial charge < -0.3 is 10.5 Å². The molecule has 1 aromatic rings. The van der Waals surface area contributed by atoms with Crippen LogP contribution in [0.25, 0.3) is 0 Å². The summed E-state index contributed by atoms with van der Waals surface area (Å²) in [6, 6.07) is 8.14. The lowest BCUT2D eigenvalue weighted by Crippen LogP contribution is -2.27. The fourth-order valence-corrected chi connectivity index (χ4v) is 2.94. The van der Waals surface area contributed by atoms with Gasteiger partial charge in [-0.3, -0.25) is 4.79 Å². The molecule has 3 rings (SSSR count). The second kappa shape index (κ2) is 5.33. The van der Waals surface area contributed by atoms with Crippen molar-refractivity contribution in [3.8, 4) is 5.75 Å². The highest BCUT2D eigenvalue weighted by atomic mass is 16.5. The molecule has 2 atom stereocenters. The zero-order valence-electron chi connectivity index (χ0n) is 11.2. The number of Topliss-reactive ketones (excluding diaryl/α,β-unsaturated/α-hetero) is 1. The maximum Gasteiger partial charge on any atom is 0.135 e. The van der Waals surface area contributed by atoms with Crippen molar-refractivity contribution < 1.29 is 9.53 Å². The second-order valence-electron chi connectivity index (χ2n) is 5.82. The van der Waals surface area contributed by atoms with Crippen LogP contribution in [0.15, 0.2) is 24.3 Å². The lowest BCUT2D eigenvalue weighted by molar-refractivity contribution is -0.120. The van der Waals surface area contributed by atoms with Crippen LogP contribution in [-0.4, -0.2) is 18.4 Å². The first kappa shape index (κ1) is 12.7. The van der Waals surface area contributed by atoms with E-state index in [1.165, 1.54) is 18.4 Å². The lowest BCUT2D eigenvalue weighted by Gasteiger charge is -2.25. The van der Waals surface area contributed by atoms with Gasteiger partial charge in [-0.25, -0.2) is 0 Å². The Hall–Kier alpha value is -1.35. The molecule has 1 fully saturated rings. The van der Waals surface area contributed by atoms with Gasteiger partial charge in [0.25, 0.3) is 0 Å². The van der Waals surface area contributed by atoms with Crippen molar-refractivity contribution >= 4 is 5.78 Å². The molecule has 3 heteroatoms. The maximum atomic E-state index is 12.1. The van der Waals surface area contributed by atoms with Gasteiger partial charge in [0.05, 0.1) is 6.61 Å². The van der Waals surface area contributed by atoms with Gasteiger partial charge in [-0.2, -0.15) is 0 Å². The number of fused-ring (bicyclic) bond motifs is 1. The van der Waals surface area contributed by atoms with Crippen molar-refractivity contribution in [2.45, 2.75) is 44.1 Å². The minimum Gasteiger partial charge on any atom is -0.493 e. The third kappa shape index (κ3) is 2.98. The maximum absolute atomic E-state index is 12.1. The number of ketones is 1. The first-order chi connectivity index (χ1) is 9.24. The number of nitrogens with two attached hydrogens (primary N) is 1. The van der Waals surface area contributed by atoms with Crippen LogP contribution in [0.4, 0.5) is 0 Å². The van der Waals surface area contributed by atoms with Crippen LogP contribution in [0.2, 0.25) is 0 Å². The average molecular weight is 259 g/mol. The molecule has 2 aliphatic rings. The van der Waals surface area contributed by atoms with E-state index in [9.17, 15) is 4.79 Å². The first-order valence-electron chi connectivity index (χ1n) is 7.23. The fourth-order valence-electron chi connectivity index (χ4n) is 2.94. The van der Waals surface area contributed by atoms with E-state index in [1.54, 1.807) is 0 Å². The van der Waals surface area contributed by atoms with Crippen LogP contribution in [0.1, 0.15) is 43.6 Å². The summed E-state index contributed by atoms with van der Waals surface area (Å²) >= 11 is 0. The second-order valence-corrected chi connectivity index (χ2v) is 5.82. The summed E-state index contributed by atoms with van der Waals surface area (Å²) < 4.78 is 5.63. The zero-order chi connectivity index (χ0) is 13.2. The molecule has 1 aliphatic heterocycles. The molecule has 0 aromatic heterocycles. The molecule has 2 unspecified atom stereocenters. The minimum absolute atomic E-state index is 0.0857. The van der Waals surface area contributed by atoms with Crippen molar-refractivity contribution in [3.05, 3.63) is 29.8 Å². The highest BCUT2D eigenvalue weighted by Crippen LogP contribution is 2.37. The van der Waals surface area contributed by atoms with Gasteiger partial charge in [0.2, 0.25) is 0 Å². The SMILES string of the molecule is NC(CC(=O)CC1CCOc2ccccc21)C1CC1. The van der Waals surface area contributed by atoms with E-state index >= 15 is 0 Å². The molecule has 3 nitrogen and oxygen atoms in total. The summed E-state index contributed by atoms with van der Waals surface area (Å²) in [7, 11) is 0. The van der Waals surface area contributed by atoms with Crippen LogP contribution in [0.5, 0.6) is 5.75 Å². The molecule has 0 amide bonds. The van der Waals surface area contributed by atoms with Gasteiger partial charge in [0, 0.05) is 18.9 Å². The molecule has 0 radical (unpaired) electrons. The molecule has 1 saturated carbocycles. The molecule has 1 heterocycles. The molecule has 0 bridgehead atoms. The predicted molar refractivity (Wildman–Crippen MR) is 74.2 cm³/mol. The Bertz CT molecular complexity index is 468. The minimum atomic E-state index is 0.0857. The van der Waals surface area contributed by atoms with E-state index in [1.807, 2.05) is 18.2 Å². The van der Waals surface area contributed by atoms with Crippen molar-refractivity contribution in [1.29, 1.82) is 0 Å². The number of ether oxygens (including phenoxy) is 1. The number of hydrogen-bond donors (Lipinski definition) is 1. The van der Waals surface area contributed by atoms with E-state index < -0.39 is 0 Å². The van der Waals surface area contributed by atoms with E-state index in [0.29, 0.717) is 37.1 Å². The Labute approximate surface area is 114 Å². The monoisotopic (exact) mass is 259 g/mol. The standard InChI is InChI=1S/C16H21NO2/c17-15(11-5-6-11)10-13(18)9-12-7-8-19-16-4-2-1-3-14(12)16/h1-4,11-12,15H,5-10,17H2. The van der Waals surface area contributed by atoms with E-state index in [4.69, 9.17) is 10.5 Å². The Morgan fingerprint density at radius 1 is 1.32 bits per heavy atom. The van der Waals surface area contributed by atoms with Gasteiger partial charge in [0.15, 0.2) is 0 Å². The van der Waals surface area contributed by atoms with E-state index in [2.05, 4.69) is 6.07 Å². The third-order valence-electron chi connectivity index (χ3n) is 4.25. The molecule has 1 aliphatic carbocycles. The summed E-state index contributed by atoms with van der Waals surface area (Å²) in [4.78, 5) is 12.1. The van der Waals surface area contributed by atoms with Gasteiger partial charge in [-0.1, -0.05) is 18.2 Å². The van der Waals surface area contributed by atoms with Gasteiger partial charge in [0.1, 0.15) is 11.5 Å². The van der Waals surface area contributed by atoms with Crippen molar-refractivity contribution in [3.63, 3.8) is 0 Å². The van der Waals surface area contributed by atoms with Gasteiger partial charge in [-0.05, 0) is 42.7 Å². The topological polar surface area (TPSA) is 52.3 Å². The zero-order valence-corrected chi connectivity index (χ0v) is 11.2. The molecular formula is C16H21NO2. The molecule has 0 saturated heterocycles. The number of carbonyl (C=O) groups excluding carboxylic acids is 1. The number of hydrogen-bond acceptors (Lipinski definition) is 3. The van der Waals surface area contributed by atoms with Crippen molar-refractivity contribution in [2.75, 3.05) is 6.61 Å². The van der Waals surface area contributed by atoms with Gasteiger partial charge in [-0.15, -0.1) is 0 Å². The number of rotatable bonds is 5. The lowest BCUT2D eigenvalue weighted by atomic mass is 9.87. The molecule has 1 aromatic carbocycles. The number of para-hydroxylation sites is 1. The first-order valence-corrected chi connectivity index (χ1v) is 7.23. The highest BCUT2D eigenvalue weighted by molar-refractivity contribution is 5.80. The fraction of sp³-hybridized carbons (Fsp3) is 0.562. The van der Waals surface area contributed by atoms with Crippen LogP contribution in [0, 0.1) is 5.92 Å². The molecule has 102 valence electrons. The number of carbonyl (C=O) groups is 1. The largest absolute Gasteiger partial charge is 0.493 e. The molecular weight excluding hydrogens is 238 g/mol. The summed E-state index contributed by atoms with van der Waals surface area (Å²) in [5, 5.41) is 0. The van der Waals surface area contributed by atoms with Crippen LogP contribution < -0.4 is 10.5 Å². The summed E-state index contributed by atoms with van der Waals surface area (Å²) in [5.41, 5.74) is 7.22. The average Bonchev–Trinajstić information content (AvgIpc) is 3.23. The number of benzene rings is 1. The molecule has 19 heavy (non-hydrogen) atoms. The van der Waals surface area contributed by atoms with Crippen LogP contribution >= 0.6 is 0 Å². The third-order valence-corrected chi connectivity index (χ3v) is 4.25. The van der Waals surface area contributed by atoms with Gasteiger partial charge >= 0.3 is 0 Å². The summed E-state index contributed by atoms with van der Waals surface area (Å²) in [6.07, 6.45) is 4.50. The Morgan fingerprint density at radius 3 is 2.89 bits per heavy atom. The predicted octanol–water partition coefficient (Wildman–Crippen LogP) is 2.64. The van der Waals surface area contributed by atoms with E-state index in [0.717, 1.165) is 12.2 Å². The van der Waals surface area contributed by atoms with Crippen molar-refractivity contribution in [1.82, 2.24) is 0 Å². The molecule has 2 N–H and O–H groups in total. The smallest absolute Gasteiger partial charge is 0.135 e. The highest BCUT2D eigenvalue weighted by Gasteiger charge is 2.31. The Morgan fingerprint density at radius 2 is 2.11 bits per heavy atom. The Kier molecular flexibility index (Phi) is 3.56. The molecule has 0 spiro atoms. The summed E-state index contributed by atoms with van der Waals surface area (Å²) in [6.45, 7) is 0.712. The quantitative estimate of drug-likeness (QED) is 0.884.